The quantitative estimate of drug-likeness (QED) is 0.825. The molecule has 0 spiro atoms. The number of hydrazine groups is 1. The highest BCUT2D eigenvalue weighted by atomic mass is 32.2. The summed E-state index contributed by atoms with van der Waals surface area (Å²) >= 11 is 0. The minimum atomic E-state index is -3.47. The van der Waals surface area contributed by atoms with Gasteiger partial charge in [0.25, 0.3) is 10.0 Å². The number of nitrogens with zero attached hydrogens (tertiary/aromatic N) is 2. The number of benzene rings is 1. The van der Waals surface area contributed by atoms with Gasteiger partial charge in [-0.25, -0.2) is 13.4 Å². The van der Waals surface area contributed by atoms with Crippen molar-refractivity contribution in [2.24, 2.45) is 0 Å². The van der Waals surface area contributed by atoms with Crippen LogP contribution in [-0.4, -0.2) is 58.6 Å². The van der Waals surface area contributed by atoms with Crippen molar-refractivity contribution in [3.63, 3.8) is 0 Å². The van der Waals surface area contributed by atoms with Crippen LogP contribution in [0.4, 0.5) is 5.69 Å². The zero-order valence-electron chi connectivity index (χ0n) is 11.3. The van der Waals surface area contributed by atoms with Crippen molar-refractivity contribution in [2.75, 3.05) is 45.6 Å². The average molecular weight is 284 g/mol. The molecule has 2 rings (SSSR count). The summed E-state index contributed by atoms with van der Waals surface area (Å²) in [6, 6.07) is 6.70. The second-order valence-corrected chi connectivity index (χ2v) is 6.32. The lowest BCUT2D eigenvalue weighted by atomic mass is 10.3. The van der Waals surface area contributed by atoms with Gasteiger partial charge in [0.1, 0.15) is 0 Å². The van der Waals surface area contributed by atoms with Crippen molar-refractivity contribution in [3.05, 3.63) is 24.3 Å². The highest BCUT2D eigenvalue weighted by molar-refractivity contribution is 7.89. The van der Waals surface area contributed by atoms with Gasteiger partial charge in [-0.3, -0.25) is 0 Å². The predicted octanol–water partition coefficient (Wildman–Crippen LogP) is 0.169. The fraction of sp³-hybridized carbons (Fsp3) is 0.500. The van der Waals surface area contributed by atoms with E-state index < -0.39 is 10.0 Å². The van der Waals surface area contributed by atoms with Crippen molar-refractivity contribution in [3.8, 4) is 0 Å². The predicted molar refractivity (Wildman–Crippen MR) is 75.4 cm³/mol. The van der Waals surface area contributed by atoms with Gasteiger partial charge in [0.2, 0.25) is 0 Å². The Morgan fingerprint density at radius 3 is 2.16 bits per heavy atom. The second-order valence-electron chi connectivity index (χ2n) is 4.66. The summed E-state index contributed by atoms with van der Waals surface area (Å²) < 4.78 is 24.4. The fourth-order valence-corrected chi connectivity index (χ4v) is 3.04. The third kappa shape index (κ3) is 3.66. The summed E-state index contributed by atoms with van der Waals surface area (Å²) in [7, 11) is 0.355. The van der Waals surface area contributed by atoms with Crippen LogP contribution >= 0.6 is 0 Å². The lowest BCUT2D eigenvalue weighted by molar-refractivity contribution is 0.135. The number of anilines is 1. The zero-order chi connectivity index (χ0) is 13.9. The van der Waals surface area contributed by atoms with Gasteiger partial charge < -0.3 is 10.2 Å². The zero-order valence-corrected chi connectivity index (χ0v) is 12.1. The average Bonchev–Trinajstić information content (AvgIpc) is 2.41. The molecule has 1 aromatic rings. The number of nitrogens with one attached hydrogen (secondary N) is 2. The molecule has 0 unspecified atom stereocenters. The summed E-state index contributed by atoms with van der Waals surface area (Å²) in [5.41, 5.74) is 0.888. The number of hydrogen-bond acceptors (Lipinski definition) is 5. The minimum Gasteiger partial charge on any atom is -0.388 e. The van der Waals surface area contributed by atoms with Crippen molar-refractivity contribution in [1.82, 2.24) is 14.7 Å². The fourth-order valence-electron chi connectivity index (χ4n) is 1.92. The maximum atomic E-state index is 12.2. The molecular weight excluding hydrogens is 264 g/mol. The number of likely N-dealkylation sites (N-methyl/N-ethyl adjacent to an activating group) is 1. The molecule has 106 valence electrons. The standard InChI is InChI=1S/C12H20N4O2S/c1-13-11-3-5-12(6-4-11)19(17,18)14-16-9-7-15(2)8-10-16/h3-6,13-14H,7-10H2,1-2H3. The third-order valence-corrected chi connectivity index (χ3v) is 4.60. The van der Waals surface area contributed by atoms with Gasteiger partial charge in [0.05, 0.1) is 4.90 Å². The molecule has 0 atom stereocenters. The van der Waals surface area contributed by atoms with Gasteiger partial charge in [0, 0.05) is 38.9 Å². The number of rotatable bonds is 4. The Kier molecular flexibility index (Phi) is 4.41. The minimum absolute atomic E-state index is 0.283. The molecule has 0 aliphatic carbocycles. The van der Waals surface area contributed by atoms with E-state index in [1.54, 1.807) is 36.3 Å². The topological polar surface area (TPSA) is 64.7 Å². The van der Waals surface area contributed by atoms with E-state index in [0.717, 1.165) is 18.8 Å². The highest BCUT2D eigenvalue weighted by Gasteiger charge is 2.21. The first-order chi connectivity index (χ1) is 9.01. The Labute approximate surface area is 114 Å². The van der Waals surface area contributed by atoms with Crippen LogP contribution < -0.4 is 10.1 Å². The Balaban J connectivity index is 2.05. The second kappa shape index (κ2) is 5.87. The normalized spacial score (nSPS) is 18.4. The van der Waals surface area contributed by atoms with E-state index >= 15 is 0 Å². The molecule has 1 aromatic carbocycles. The Hall–Kier alpha value is -1.15. The molecule has 2 N–H and O–H groups in total. The van der Waals surface area contributed by atoms with Crippen LogP contribution in [0.25, 0.3) is 0 Å². The van der Waals surface area contributed by atoms with E-state index in [0.29, 0.717) is 13.1 Å². The van der Waals surface area contributed by atoms with Crippen molar-refractivity contribution < 1.29 is 8.42 Å². The van der Waals surface area contributed by atoms with E-state index in [4.69, 9.17) is 0 Å². The van der Waals surface area contributed by atoms with Gasteiger partial charge in [-0.05, 0) is 31.3 Å². The van der Waals surface area contributed by atoms with Gasteiger partial charge in [-0.15, -0.1) is 4.83 Å². The summed E-state index contributed by atoms with van der Waals surface area (Å²) in [5.74, 6) is 0. The first-order valence-electron chi connectivity index (χ1n) is 6.25. The van der Waals surface area contributed by atoms with Gasteiger partial charge >= 0.3 is 0 Å². The van der Waals surface area contributed by atoms with Crippen LogP contribution in [0.15, 0.2) is 29.2 Å². The van der Waals surface area contributed by atoms with Crippen molar-refractivity contribution in [2.45, 2.75) is 4.90 Å². The maximum absolute atomic E-state index is 12.2. The first-order valence-corrected chi connectivity index (χ1v) is 7.73. The molecule has 1 heterocycles. The van der Waals surface area contributed by atoms with Crippen LogP contribution in [0, 0.1) is 0 Å². The summed E-state index contributed by atoms with van der Waals surface area (Å²) in [5, 5.41) is 4.71. The van der Waals surface area contributed by atoms with Gasteiger partial charge in [-0.2, -0.15) is 0 Å². The molecule has 1 aliphatic rings. The molecule has 1 aliphatic heterocycles. The Morgan fingerprint density at radius 1 is 1.05 bits per heavy atom. The summed E-state index contributed by atoms with van der Waals surface area (Å²) in [6.07, 6.45) is 0. The molecule has 19 heavy (non-hydrogen) atoms. The van der Waals surface area contributed by atoms with Crippen LogP contribution in [-0.2, 0) is 10.0 Å². The van der Waals surface area contributed by atoms with Crippen molar-refractivity contribution >= 4 is 15.7 Å². The molecular formula is C12H20N4O2S. The summed E-state index contributed by atoms with van der Waals surface area (Å²) in [6.45, 7) is 3.12. The highest BCUT2D eigenvalue weighted by Crippen LogP contribution is 2.14. The monoisotopic (exact) mass is 284 g/mol. The molecule has 0 bridgehead atoms. The van der Waals surface area contributed by atoms with E-state index in [1.165, 1.54) is 0 Å². The number of hydrogen-bond donors (Lipinski definition) is 2. The molecule has 6 nitrogen and oxygen atoms in total. The third-order valence-electron chi connectivity index (χ3n) is 3.21. The molecule has 7 heteroatoms. The Morgan fingerprint density at radius 2 is 1.63 bits per heavy atom. The van der Waals surface area contributed by atoms with E-state index in [9.17, 15) is 8.42 Å². The number of piperazine rings is 1. The van der Waals surface area contributed by atoms with Crippen LogP contribution in [0.1, 0.15) is 0 Å². The van der Waals surface area contributed by atoms with Crippen molar-refractivity contribution in [1.29, 1.82) is 0 Å². The Bertz CT molecular complexity index is 507. The van der Waals surface area contributed by atoms with Gasteiger partial charge in [-0.1, -0.05) is 0 Å². The van der Waals surface area contributed by atoms with E-state index in [1.807, 2.05) is 7.05 Å². The summed E-state index contributed by atoms with van der Waals surface area (Å²) in [4.78, 5) is 5.08. The molecule has 1 saturated heterocycles. The molecule has 1 fully saturated rings. The molecule has 0 saturated carbocycles. The first kappa shape index (κ1) is 14.3. The number of sulfonamides is 1. The SMILES string of the molecule is CNc1ccc(S(=O)(=O)NN2CCN(C)CC2)cc1. The maximum Gasteiger partial charge on any atom is 0.253 e. The van der Waals surface area contributed by atoms with Gasteiger partial charge in [0.15, 0.2) is 0 Å². The molecule has 0 aromatic heterocycles. The largest absolute Gasteiger partial charge is 0.388 e. The molecule has 0 amide bonds. The smallest absolute Gasteiger partial charge is 0.253 e. The van der Waals surface area contributed by atoms with Crippen LogP contribution in [0.2, 0.25) is 0 Å². The lowest BCUT2D eigenvalue weighted by Gasteiger charge is -2.32. The molecule has 0 radical (unpaired) electrons. The van der Waals surface area contributed by atoms with Crippen LogP contribution in [0.5, 0.6) is 0 Å². The van der Waals surface area contributed by atoms with Crippen LogP contribution in [0.3, 0.4) is 0 Å². The van der Waals surface area contributed by atoms with E-state index in [2.05, 4.69) is 15.0 Å². The van der Waals surface area contributed by atoms with E-state index in [-0.39, 0.29) is 4.90 Å². The lowest BCUT2D eigenvalue weighted by Crippen LogP contribution is -2.52.